The minimum absolute atomic E-state index is 0.296. The molecule has 0 bridgehead atoms. The highest BCUT2D eigenvalue weighted by Crippen LogP contribution is 2.27. The third-order valence-electron chi connectivity index (χ3n) is 6.12. The Morgan fingerprint density at radius 2 is 1.50 bits per heavy atom. The summed E-state index contributed by atoms with van der Waals surface area (Å²) in [6, 6.07) is 28.0. The maximum absolute atomic E-state index is 13.0. The van der Waals surface area contributed by atoms with Crippen molar-refractivity contribution >= 4 is 50.5 Å². The molecular weight excluding hydrogens is 576 g/mol. The summed E-state index contributed by atoms with van der Waals surface area (Å²) in [4.78, 5) is 25.6. The highest BCUT2D eigenvalue weighted by molar-refractivity contribution is 7.92. The quantitative estimate of drug-likeness (QED) is 0.168. The number of halogens is 1. The third kappa shape index (κ3) is 7.96. The summed E-state index contributed by atoms with van der Waals surface area (Å²) >= 11 is 5.98. The fourth-order valence-electron chi connectivity index (χ4n) is 4.05. The number of carbonyl (C=O) groups excluding carboxylic acids is 2. The molecule has 0 radical (unpaired) electrons. The molecule has 0 aliphatic rings. The van der Waals surface area contributed by atoms with Crippen LogP contribution in [0.2, 0.25) is 5.02 Å². The molecule has 0 spiro atoms. The molecule has 4 aromatic rings. The van der Waals surface area contributed by atoms with Gasteiger partial charge >= 0.3 is 0 Å². The van der Waals surface area contributed by atoms with Gasteiger partial charge in [0.15, 0.2) is 0 Å². The van der Waals surface area contributed by atoms with E-state index in [1.54, 1.807) is 91.9 Å². The minimum atomic E-state index is -3.83. The molecule has 4 aromatic carbocycles. The Balaban J connectivity index is 1.44. The van der Waals surface area contributed by atoms with Crippen molar-refractivity contribution < 1.29 is 22.7 Å². The van der Waals surface area contributed by atoms with Crippen molar-refractivity contribution in [2.45, 2.75) is 19.9 Å². The largest absolute Gasteiger partial charge is 0.457 e. The van der Waals surface area contributed by atoms with Gasteiger partial charge in [0.25, 0.3) is 11.8 Å². The van der Waals surface area contributed by atoms with Gasteiger partial charge in [-0.25, -0.2) is 13.8 Å². The number of nitrogens with one attached hydrogen (secondary N) is 2. The first-order valence-corrected chi connectivity index (χ1v) is 15.1. The third-order valence-corrected chi connectivity index (χ3v) is 7.59. The fraction of sp³-hybridized carbons (Fsp3) is 0.129. The van der Waals surface area contributed by atoms with E-state index >= 15 is 0 Å². The van der Waals surface area contributed by atoms with Crippen LogP contribution in [0.25, 0.3) is 0 Å². The summed E-state index contributed by atoms with van der Waals surface area (Å²) in [5.74, 6) is 0.198. The van der Waals surface area contributed by atoms with E-state index in [2.05, 4.69) is 15.8 Å². The van der Waals surface area contributed by atoms with Crippen molar-refractivity contribution in [1.82, 2.24) is 5.43 Å². The maximum atomic E-state index is 13.0. The van der Waals surface area contributed by atoms with Crippen molar-refractivity contribution in [3.8, 4) is 11.5 Å². The molecule has 11 heteroatoms. The monoisotopic (exact) mass is 604 g/mol. The predicted octanol–water partition coefficient (Wildman–Crippen LogP) is 6.08. The molecule has 2 amide bonds. The van der Waals surface area contributed by atoms with Crippen molar-refractivity contribution in [3.05, 3.63) is 119 Å². The second kappa shape index (κ2) is 13.3. The molecule has 0 saturated carbocycles. The number of hydrazone groups is 1. The molecule has 0 unspecified atom stereocenters. The smallest absolute Gasteiger partial charge is 0.263 e. The molecule has 0 fully saturated rings. The number of carbonyl (C=O) groups is 2. The van der Waals surface area contributed by atoms with E-state index in [1.807, 2.05) is 18.2 Å². The van der Waals surface area contributed by atoms with Crippen LogP contribution in [-0.4, -0.2) is 38.2 Å². The summed E-state index contributed by atoms with van der Waals surface area (Å²) in [7, 11) is -3.83. The van der Waals surface area contributed by atoms with Gasteiger partial charge in [0.2, 0.25) is 10.0 Å². The lowest BCUT2D eigenvalue weighted by Gasteiger charge is -2.27. The number of hydrogen-bond acceptors (Lipinski definition) is 6. The summed E-state index contributed by atoms with van der Waals surface area (Å²) in [5.41, 5.74) is 4.77. The van der Waals surface area contributed by atoms with Crippen molar-refractivity contribution in [2.24, 2.45) is 5.10 Å². The average Bonchev–Trinajstić information content (AvgIpc) is 2.96. The number of benzene rings is 4. The zero-order valence-corrected chi connectivity index (χ0v) is 24.7. The molecule has 1 atom stereocenters. The molecule has 2 N–H and O–H groups in total. The number of rotatable bonds is 10. The number of hydrogen-bond donors (Lipinski definition) is 2. The van der Waals surface area contributed by atoms with E-state index < -0.39 is 22.0 Å². The van der Waals surface area contributed by atoms with E-state index in [4.69, 9.17) is 16.3 Å². The summed E-state index contributed by atoms with van der Waals surface area (Å²) < 4.78 is 32.2. The highest BCUT2D eigenvalue weighted by atomic mass is 35.5. The van der Waals surface area contributed by atoms with Gasteiger partial charge in [-0.05, 0) is 86.1 Å². The van der Waals surface area contributed by atoms with Gasteiger partial charge in [-0.1, -0.05) is 48.0 Å². The molecule has 0 aliphatic carbocycles. The van der Waals surface area contributed by atoms with Crippen LogP contribution in [0.15, 0.2) is 108 Å². The molecule has 0 saturated heterocycles. The Bertz CT molecular complexity index is 1710. The number of sulfonamides is 1. The Morgan fingerprint density at radius 1 is 0.857 bits per heavy atom. The van der Waals surface area contributed by atoms with E-state index in [9.17, 15) is 18.0 Å². The Morgan fingerprint density at radius 3 is 2.17 bits per heavy atom. The molecule has 4 rings (SSSR count). The van der Waals surface area contributed by atoms with Gasteiger partial charge in [-0.2, -0.15) is 5.10 Å². The van der Waals surface area contributed by atoms with Gasteiger partial charge in [0.1, 0.15) is 17.5 Å². The van der Waals surface area contributed by atoms with Crippen LogP contribution in [0.1, 0.15) is 29.8 Å². The lowest BCUT2D eigenvalue weighted by atomic mass is 10.1. The van der Waals surface area contributed by atoms with E-state index in [1.165, 1.54) is 6.92 Å². The highest BCUT2D eigenvalue weighted by Gasteiger charge is 2.29. The topological polar surface area (TPSA) is 117 Å². The molecule has 216 valence electrons. The van der Waals surface area contributed by atoms with Gasteiger partial charge in [0.05, 0.1) is 17.7 Å². The molecule has 42 heavy (non-hydrogen) atoms. The van der Waals surface area contributed by atoms with Crippen LogP contribution in [0.4, 0.5) is 11.4 Å². The molecule has 0 aliphatic heterocycles. The summed E-state index contributed by atoms with van der Waals surface area (Å²) in [5, 5.41) is 7.43. The summed E-state index contributed by atoms with van der Waals surface area (Å²) in [6.45, 7) is 3.16. The Labute approximate surface area is 249 Å². The molecular formula is C31H29ClN4O5S. The number of ether oxygens (including phenoxy) is 1. The van der Waals surface area contributed by atoms with Gasteiger partial charge in [-0.3, -0.25) is 13.9 Å². The van der Waals surface area contributed by atoms with Crippen LogP contribution < -0.4 is 19.8 Å². The van der Waals surface area contributed by atoms with E-state index in [-0.39, 0.29) is 5.91 Å². The van der Waals surface area contributed by atoms with Gasteiger partial charge in [0, 0.05) is 16.3 Å². The number of nitrogens with zero attached hydrogens (tertiary/aromatic N) is 2. The maximum Gasteiger partial charge on any atom is 0.263 e. The van der Waals surface area contributed by atoms with Gasteiger partial charge in [-0.15, -0.1) is 0 Å². The molecule has 9 nitrogen and oxygen atoms in total. The Hall–Kier alpha value is -4.67. The van der Waals surface area contributed by atoms with Crippen LogP contribution >= 0.6 is 11.6 Å². The van der Waals surface area contributed by atoms with Gasteiger partial charge < -0.3 is 10.1 Å². The molecule has 0 heterocycles. The second-order valence-electron chi connectivity index (χ2n) is 9.36. The number of para-hydroxylation sites is 1. The average molecular weight is 605 g/mol. The standard InChI is InChI=1S/C31H29ClN4O5S/c1-21(23-9-8-12-26(20-23)33-31(38)24-10-7-11-25(32)19-24)34-35-30(37)22(2)36(42(3,39)40)27-15-17-29(18-16-27)41-28-13-5-4-6-14-28/h4-20,22H,1-3H3,(H,33,38)(H,35,37)/b34-21-/t22-/m1/s1. The lowest BCUT2D eigenvalue weighted by molar-refractivity contribution is -0.121. The normalized spacial score (nSPS) is 12.2. The Kier molecular flexibility index (Phi) is 9.61. The number of anilines is 2. The van der Waals surface area contributed by atoms with Crippen molar-refractivity contribution in [1.29, 1.82) is 0 Å². The number of amides is 2. The lowest BCUT2D eigenvalue weighted by Crippen LogP contribution is -2.46. The van der Waals surface area contributed by atoms with Crippen LogP contribution in [0.3, 0.4) is 0 Å². The van der Waals surface area contributed by atoms with Crippen LogP contribution in [0, 0.1) is 0 Å². The fourth-order valence-corrected chi connectivity index (χ4v) is 5.41. The minimum Gasteiger partial charge on any atom is -0.457 e. The first-order valence-electron chi connectivity index (χ1n) is 12.8. The zero-order chi connectivity index (χ0) is 30.3. The first-order chi connectivity index (χ1) is 20.0. The van der Waals surface area contributed by atoms with Crippen molar-refractivity contribution in [2.75, 3.05) is 15.9 Å². The molecule has 0 aromatic heterocycles. The second-order valence-corrected chi connectivity index (χ2v) is 11.7. The first kappa shape index (κ1) is 30.3. The summed E-state index contributed by atoms with van der Waals surface area (Å²) in [6.07, 6.45) is 1.03. The van der Waals surface area contributed by atoms with Crippen LogP contribution in [-0.2, 0) is 14.8 Å². The predicted molar refractivity (Wildman–Crippen MR) is 166 cm³/mol. The SMILES string of the molecule is C/C(=N/NC(=O)[C@@H](C)N(c1ccc(Oc2ccccc2)cc1)S(C)(=O)=O)c1cccc(NC(=O)c2cccc(Cl)c2)c1. The van der Waals surface area contributed by atoms with Crippen LogP contribution in [0.5, 0.6) is 11.5 Å². The van der Waals surface area contributed by atoms with Crippen molar-refractivity contribution in [3.63, 3.8) is 0 Å². The zero-order valence-electron chi connectivity index (χ0n) is 23.1. The van der Waals surface area contributed by atoms with E-state index in [0.29, 0.717) is 44.7 Å². The van der Waals surface area contributed by atoms with E-state index in [0.717, 1.165) is 10.6 Å².